The Morgan fingerprint density at radius 2 is 1.69 bits per heavy atom. The molecule has 0 radical (unpaired) electrons. The van der Waals surface area contributed by atoms with Crippen LogP contribution in [0, 0.1) is 23.7 Å². The molecular weight excluding hydrogens is 430 g/mol. The van der Waals surface area contributed by atoms with E-state index in [1.807, 2.05) is 58.0 Å². The van der Waals surface area contributed by atoms with Crippen molar-refractivity contribution in [2.45, 2.75) is 51.7 Å². The van der Waals surface area contributed by atoms with E-state index in [1.54, 1.807) is 11.6 Å². The van der Waals surface area contributed by atoms with Crippen molar-refractivity contribution in [1.82, 2.24) is 10.9 Å². The van der Waals surface area contributed by atoms with Gasteiger partial charge in [0.2, 0.25) is 11.8 Å². The molecule has 3 atom stereocenters. The van der Waals surface area contributed by atoms with E-state index in [0.29, 0.717) is 6.42 Å². The zero-order valence-corrected chi connectivity index (χ0v) is 20.4. The van der Waals surface area contributed by atoms with Crippen LogP contribution in [0.1, 0.15) is 52.5 Å². The van der Waals surface area contributed by atoms with Gasteiger partial charge in [0.1, 0.15) is 4.75 Å². The molecule has 5 N–H and O–H groups in total. The number of hydrazine groups is 1. The summed E-state index contributed by atoms with van der Waals surface area (Å²) >= 11 is 0. The summed E-state index contributed by atoms with van der Waals surface area (Å²) in [7, 11) is -3.95. The van der Waals surface area contributed by atoms with Crippen LogP contribution in [-0.4, -0.2) is 36.4 Å². The van der Waals surface area contributed by atoms with E-state index in [0.717, 1.165) is 11.8 Å². The second-order valence-corrected chi connectivity index (χ2v) is 11.4. The van der Waals surface area contributed by atoms with Gasteiger partial charge in [-0.15, -0.1) is 0 Å². The fourth-order valence-electron chi connectivity index (χ4n) is 4.02. The number of carbonyl (C=O) groups is 2. The highest BCUT2D eigenvalue weighted by Gasteiger charge is 2.54. The summed E-state index contributed by atoms with van der Waals surface area (Å²) in [5, 5.41) is 9.55. The van der Waals surface area contributed by atoms with Crippen molar-refractivity contribution < 1.29 is 23.2 Å². The van der Waals surface area contributed by atoms with Crippen molar-refractivity contribution in [3.05, 3.63) is 42.0 Å². The van der Waals surface area contributed by atoms with Crippen molar-refractivity contribution in [2.75, 3.05) is 6.26 Å². The van der Waals surface area contributed by atoms with Gasteiger partial charge < -0.3 is 0 Å². The lowest BCUT2D eigenvalue weighted by atomic mass is 9.73. The van der Waals surface area contributed by atoms with Crippen molar-refractivity contribution in [1.29, 1.82) is 0 Å². The third-order valence-electron chi connectivity index (χ3n) is 5.69. The van der Waals surface area contributed by atoms with Crippen LogP contribution in [0.5, 0.6) is 0 Å². The highest BCUT2D eigenvalue weighted by Crippen LogP contribution is 2.41. The number of rotatable bonds is 12. The van der Waals surface area contributed by atoms with Crippen LogP contribution in [0.2, 0.25) is 0 Å². The van der Waals surface area contributed by atoms with E-state index in [9.17, 15) is 23.2 Å². The van der Waals surface area contributed by atoms with Gasteiger partial charge in [0.15, 0.2) is 9.84 Å². The second kappa shape index (κ2) is 12.1. The number of hydroxylamine groups is 1. The van der Waals surface area contributed by atoms with Crippen molar-refractivity contribution >= 4 is 27.7 Å². The first-order valence-electron chi connectivity index (χ1n) is 10.8. The zero-order valence-electron chi connectivity index (χ0n) is 19.5. The summed E-state index contributed by atoms with van der Waals surface area (Å²) in [5.74, 6) is 1.45. The molecule has 0 saturated heterocycles. The highest BCUT2D eigenvalue weighted by atomic mass is 32.2. The van der Waals surface area contributed by atoms with Crippen LogP contribution in [0.3, 0.4) is 0 Å². The second-order valence-electron chi connectivity index (χ2n) is 9.10. The molecule has 0 aliphatic rings. The Bertz CT molecular complexity index is 884. The summed E-state index contributed by atoms with van der Waals surface area (Å²) in [6.07, 6.45) is 4.99. The lowest BCUT2D eigenvalue weighted by molar-refractivity contribution is -0.142. The third-order valence-corrected chi connectivity index (χ3v) is 7.66. The molecule has 2 amide bonds. The largest absolute Gasteiger partial charge is 0.294 e. The molecule has 9 heteroatoms. The minimum atomic E-state index is -3.95. The fourth-order valence-corrected chi connectivity index (χ4v) is 5.56. The summed E-state index contributed by atoms with van der Waals surface area (Å²) in [5.41, 5.74) is 4.42. The Balaban J connectivity index is 3.86. The molecule has 1 unspecified atom stereocenters. The lowest BCUT2D eigenvalue weighted by Crippen LogP contribution is -2.57. The van der Waals surface area contributed by atoms with Gasteiger partial charge in [0, 0.05) is 6.26 Å². The Kier molecular flexibility index (Phi) is 10.5. The molecule has 0 saturated carbocycles. The van der Waals surface area contributed by atoms with Crippen molar-refractivity contribution in [2.24, 2.45) is 29.5 Å². The topological polar surface area (TPSA) is 139 Å². The Hall–Kier alpha value is -2.23. The molecule has 1 aromatic carbocycles. The molecular formula is C23H37N3O5S. The minimum Gasteiger partial charge on any atom is -0.294 e. The van der Waals surface area contributed by atoms with E-state index in [4.69, 9.17) is 5.84 Å². The van der Waals surface area contributed by atoms with E-state index < -0.39 is 38.2 Å². The summed E-state index contributed by atoms with van der Waals surface area (Å²) in [6.45, 7) is 7.63. The van der Waals surface area contributed by atoms with Crippen molar-refractivity contribution in [3.63, 3.8) is 0 Å². The molecule has 0 heterocycles. The van der Waals surface area contributed by atoms with E-state index >= 15 is 0 Å². The predicted molar refractivity (Wildman–Crippen MR) is 126 cm³/mol. The maximum Gasteiger partial charge on any atom is 0.249 e. The van der Waals surface area contributed by atoms with Gasteiger partial charge in [-0.2, -0.15) is 0 Å². The molecule has 32 heavy (non-hydrogen) atoms. The summed E-state index contributed by atoms with van der Waals surface area (Å²) < 4.78 is 25.0. The van der Waals surface area contributed by atoms with E-state index in [1.165, 1.54) is 6.08 Å². The van der Waals surface area contributed by atoms with Crippen LogP contribution in [0.15, 0.2) is 36.4 Å². The summed E-state index contributed by atoms with van der Waals surface area (Å²) in [4.78, 5) is 25.8. The van der Waals surface area contributed by atoms with Gasteiger partial charge >= 0.3 is 0 Å². The first-order valence-corrected chi connectivity index (χ1v) is 12.7. The molecule has 0 spiro atoms. The number of nitrogens with two attached hydrogens (primary N) is 1. The fraction of sp³-hybridized carbons (Fsp3) is 0.565. The zero-order chi connectivity index (χ0) is 24.5. The van der Waals surface area contributed by atoms with Gasteiger partial charge in [-0.25, -0.2) is 19.7 Å². The Labute approximate surface area is 191 Å². The van der Waals surface area contributed by atoms with Gasteiger partial charge in [0.05, 0.1) is 11.8 Å². The van der Waals surface area contributed by atoms with Crippen LogP contribution >= 0.6 is 0 Å². The predicted octanol–water partition coefficient (Wildman–Crippen LogP) is 2.69. The van der Waals surface area contributed by atoms with Gasteiger partial charge in [-0.3, -0.25) is 20.2 Å². The van der Waals surface area contributed by atoms with Crippen LogP contribution in [0.25, 0.3) is 6.08 Å². The molecule has 0 fully saturated rings. The normalized spacial score (nSPS) is 16.0. The van der Waals surface area contributed by atoms with E-state index in [2.05, 4.69) is 5.43 Å². The van der Waals surface area contributed by atoms with Crippen LogP contribution < -0.4 is 16.7 Å². The van der Waals surface area contributed by atoms with Gasteiger partial charge in [-0.1, -0.05) is 70.2 Å². The van der Waals surface area contributed by atoms with Crippen LogP contribution in [0.4, 0.5) is 0 Å². The monoisotopic (exact) mass is 467 g/mol. The Morgan fingerprint density at radius 3 is 2.12 bits per heavy atom. The molecule has 0 aliphatic carbocycles. The average Bonchev–Trinajstić information content (AvgIpc) is 2.73. The lowest BCUT2D eigenvalue weighted by Gasteiger charge is -2.40. The quantitative estimate of drug-likeness (QED) is 0.161. The SMILES string of the molecule is CC(C)CCC(C=Cc1ccccc1)([C@H](C(=O)NO)[C@@H](CC(C)C)C(=O)NN)S(C)(=O)=O. The Morgan fingerprint density at radius 1 is 1.09 bits per heavy atom. The maximum absolute atomic E-state index is 13.4. The maximum atomic E-state index is 13.4. The number of hydrogen-bond donors (Lipinski definition) is 4. The minimum absolute atomic E-state index is 0.0354. The summed E-state index contributed by atoms with van der Waals surface area (Å²) in [6, 6.07) is 9.09. The number of nitrogens with one attached hydrogen (secondary N) is 2. The molecule has 180 valence electrons. The van der Waals surface area contributed by atoms with Crippen molar-refractivity contribution in [3.8, 4) is 0 Å². The smallest absolute Gasteiger partial charge is 0.249 e. The molecule has 0 aliphatic heterocycles. The molecule has 1 aromatic rings. The van der Waals surface area contributed by atoms with Gasteiger partial charge in [-0.05, 0) is 36.7 Å². The number of sulfone groups is 1. The standard InChI is InChI=1S/C23H37N3O5S/c1-16(2)11-13-23(32(5,30)31,14-12-18-9-7-6-8-10-18)20(22(28)26-29)19(15-17(3)4)21(27)25-24/h6-10,12,14,16-17,19-20,29H,11,13,15,24H2,1-5H3,(H,25,27)(H,26,28)/t19-,20+,23?/m1/s1. The molecule has 0 aromatic heterocycles. The number of amides is 2. The highest BCUT2D eigenvalue weighted by molar-refractivity contribution is 7.92. The first kappa shape index (κ1) is 27.8. The average molecular weight is 468 g/mol. The molecule has 1 rings (SSSR count). The van der Waals surface area contributed by atoms with Gasteiger partial charge in [0.25, 0.3) is 0 Å². The van der Waals surface area contributed by atoms with Crippen LogP contribution in [-0.2, 0) is 19.4 Å². The molecule has 0 bridgehead atoms. The number of benzene rings is 1. The number of carbonyl (C=O) groups excluding carboxylic acids is 2. The third kappa shape index (κ3) is 7.15. The molecule has 8 nitrogen and oxygen atoms in total. The first-order chi connectivity index (χ1) is 14.9. The number of hydrogen-bond acceptors (Lipinski definition) is 6. The van der Waals surface area contributed by atoms with E-state index in [-0.39, 0.29) is 24.7 Å².